The Morgan fingerprint density at radius 3 is 2.68 bits per heavy atom. The predicted octanol–water partition coefficient (Wildman–Crippen LogP) is 5.25. The lowest BCUT2D eigenvalue weighted by Crippen LogP contribution is -2.14. The molecule has 0 amide bonds. The zero-order valence-electron chi connectivity index (χ0n) is 15.5. The van der Waals surface area contributed by atoms with Gasteiger partial charge in [-0.05, 0) is 38.0 Å². The highest BCUT2D eigenvalue weighted by molar-refractivity contribution is 5.86. The second-order valence-corrected chi connectivity index (χ2v) is 6.64. The molecule has 1 aliphatic rings. The summed E-state index contributed by atoms with van der Waals surface area (Å²) in [5.41, 5.74) is 1.33. The van der Waals surface area contributed by atoms with Crippen LogP contribution in [0.1, 0.15) is 45.1 Å². The van der Waals surface area contributed by atoms with Gasteiger partial charge in [-0.1, -0.05) is 25.8 Å². The van der Waals surface area contributed by atoms with Crippen molar-refractivity contribution in [2.24, 2.45) is 0 Å². The molecular weight excluding hydrogens is 371 g/mol. The second kappa shape index (κ2) is 8.45. The zero-order chi connectivity index (χ0) is 20.1. The van der Waals surface area contributed by atoms with Gasteiger partial charge in [0, 0.05) is 5.70 Å². The minimum atomic E-state index is -4.76. The van der Waals surface area contributed by atoms with Gasteiger partial charge in [-0.25, -0.2) is 14.6 Å². The van der Waals surface area contributed by atoms with Crippen LogP contribution in [0.15, 0.2) is 48.8 Å². The van der Waals surface area contributed by atoms with E-state index in [4.69, 9.17) is 0 Å². The predicted molar refractivity (Wildman–Crippen MR) is 100 cm³/mol. The van der Waals surface area contributed by atoms with E-state index in [-0.39, 0.29) is 0 Å². The molecule has 2 heterocycles. The first-order valence-corrected chi connectivity index (χ1v) is 9.09. The van der Waals surface area contributed by atoms with Crippen LogP contribution < -0.4 is 5.32 Å². The van der Waals surface area contributed by atoms with Gasteiger partial charge in [0.15, 0.2) is 5.65 Å². The van der Waals surface area contributed by atoms with Crippen molar-refractivity contribution in [3.8, 4) is 0 Å². The average molecular weight is 393 g/mol. The number of aromatic nitrogens is 4. The molecule has 2 aromatic heterocycles. The van der Waals surface area contributed by atoms with Crippen molar-refractivity contribution in [1.29, 1.82) is 0 Å². The Labute approximate surface area is 160 Å². The molecule has 1 N–H and O–H groups in total. The average Bonchev–Trinajstić information content (AvgIpc) is 3.10. The van der Waals surface area contributed by atoms with Gasteiger partial charge in [-0.3, -0.25) is 0 Å². The maximum absolute atomic E-state index is 12.3. The number of halogens is 3. The summed E-state index contributed by atoms with van der Waals surface area (Å²) in [5.74, 6) is 0.151. The molecule has 28 heavy (non-hydrogen) atoms. The van der Waals surface area contributed by atoms with Gasteiger partial charge in [0.2, 0.25) is 0 Å². The fraction of sp³-hybridized carbons (Fsp3) is 0.421. The molecule has 0 saturated heterocycles. The summed E-state index contributed by atoms with van der Waals surface area (Å²) in [6, 6.07) is 0.336. The van der Waals surface area contributed by atoms with E-state index in [2.05, 4.69) is 31.7 Å². The van der Waals surface area contributed by atoms with Crippen molar-refractivity contribution >= 4 is 16.9 Å². The van der Waals surface area contributed by atoms with Gasteiger partial charge in [0.05, 0.1) is 17.6 Å². The Morgan fingerprint density at radius 2 is 2.00 bits per heavy atom. The maximum atomic E-state index is 12.3. The second-order valence-electron chi connectivity index (χ2n) is 6.64. The first kappa shape index (κ1) is 19.9. The van der Waals surface area contributed by atoms with Gasteiger partial charge in [-0.2, -0.15) is 5.10 Å². The molecule has 0 aliphatic heterocycles. The van der Waals surface area contributed by atoms with E-state index in [1.54, 1.807) is 13.1 Å². The SMILES string of the molecule is C=C/C(=C\C=C(/C)Nc1ncnc2c1cnn2C1CCCCC1)OC(F)(F)F. The van der Waals surface area contributed by atoms with Gasteiger partial charge in [-0.15, -0.1) is 13.2 Å². The molecule has 2 aromatic rings. The third kappa shape index (κ3) is 4.90. The smallest absolute Gasteiger partial charge is 0.406 e. The summed E-state index contributed by atoms with van der Waals surface area (Å²) < 4.78 is 42.8. The lowest BCUT2D eigenvalue weighted by molar-refractivity contribution is -0.303. The molecule has 0 bridgehead atoms. The van der Waals surface area contributed by atoms with E-state index in [0.29, 0.717) is 17.6 Å². The lowest BCUT2D eigenvalue weighted by Gasteiger charge is -2.22. The van der Waals surface area contributed by atoms with Crippen molar-refractivity contribution in [3.05, 3.63) is 48.8 Å². The quantitative estimate of drug-likeness (QED) is 0.536. The van der Waals surface area contributed by atoms with E-state index in [9.17, 15) is 13.2 Å². The van der Waals surface area contributed by atoms with Crippen LogP contribution in [0.4, 0.5) is 19.0 Å². The van der Waals surface area contributed by atoms with Gasteiger partial charge in [0.1, 0.15) is 17.9 Å². The van der Waals surface area contributed by atoms with E-state index >= 15 is 0 Å². The Balaban J connectivity index is 1.80. The van der Waals surface area contributed by atoms with Crippen LogP contribution in [0.5, 0.6) is 0 Å². The van der Waals surface area contributed by atoms with Crippen LogP contribution in [0.25, 0.3) is 11.0 Å². The van der Waals surface area contributed by atoms with Gasteiger partial charge < -0.3 is 10.1 Å². The third-order valence-corrected chi connectivity index (χ3v) is 4.56. The minimum Gasteiger partial charge on any atom is -0.406 e. The number of ether oxygens (including phenoxy) is 1. The molecule has 6 nitrogen and oxygen atoms in total. The highest BCUT2D eigenvalue weighted by Crippen LogP contribution is 2.31. The molecule has 0 aromatic carbocycles. The topological polar surface area (TPSA) is 64.9 Å². The van der Waals surface area contributed by atoms with Crippen LogP contribution >= 0.6 is 0 Å². The first-order valence-electron chi connectivity index (χ1n) is 9.09. The summed E-state index contributed by atoms with van der Waals surface area (Å²) in [7, 11) is 0. The van der Waals surface area contributed by atoms with Crippen LogP contribution in [0, 0.1) is 0 Å². The first-order chi connectivity index (χ1) is 13.4. The number of hydrogen-bond donors (Lipinski definition) is 1. The minimum absolute atomic E-state index is 0.336. The largest absolute Gasteiger partial charge is 0.573 e. The molecule has 0 unspecified atom stereocenters. The van der Waals surface area contributed by atoms with Gasteiger partial charge >= 0.3 is 6.36 Å². The molecule has 9 heteroatoms. The monoisotopic (exact) mass is 393 g/mol. The lowest BCUT2D eigenvalue weighted by atomic mass is 9.96. The standard InChI is InChI=1S/C19H22F3N5O/c1-3-15(28-19(20,21)22)10-9-13(2)26-17-16-11-25-27(18(16)24-12-23-17)14-7-5-4-6-8-14/h3,9-12,14H,1,4-8H2,2H3,(H,23,24,26)/b13-9+,15-10+. The molecular formula is C19H22F3N5O. The van der Waals surface area contributed by atoms with E-state index in [1.165, 1.54) is 37.7 Å². The number of anilines is 1. The van der Waals surface area contributed by atoms with Crippen molar-refractivity contribution in [3.63, 3.8) is 0 Å². The molecule has 1 aliphatic carbocycles. The highest BCUT2D eigenvalue weighted by Gasteiger charge is 2.31. The summed E-state index contributed by atoms with van der Waals surface area (Å²) in [6.45, 7) is 5.03. The van der Waals surface area contributed by atoms with Crippen molar-refractivity contribution in [2.75, 3.05) is 5.32 Å². The van der Waals surface area contributed by atoms with Crippen molar-refractivity contribution in [2.45, 2.75) is 51.4 Å². The molecule has 0 spiro atoms. The van der Waals surface area contributed by atoms with E-state index in [0.717, 1.165) is 30.0 Å². The number of fused-ring (bicyclic) bond motifs is 1. The molecule has 1 saturated carbocycles. The fourth-order valence-corrected chi connectivity index (χ4v) is 3.27. The summed E-state index contributed by atoms with van der Waals surface area (Å²) in [4.78, 5) is 8.62. The van der Waals surface area contributed by atoms with Crippen molar-refractivity contribution in [1.82, 2.24) is 19.7 Å². The molecule has 1 fully saturated rings. The Morgan fingerprint density at radius 1 is 1.25 bits per heavy atom. The summed E-state index contributed by atoms with van der Waals surface area (Å²) in [5, 5.41) is 8.35. The third-order valence-electron chi connectivity index (χ3n) is 4.56. The highest BCUT2D eigenvalue weighted by atomic mass is 19.4. The number of nitrogens with one attached hydrogen (secondary N) is 1. The normalized spacial score (nSPS) is 17.0. The van der Waals surface area contributed by atoms with Crippen LogP contribution in [0.2, 0.25) is 0 Å². The summed E-state index contributed by atoms with van der Waals surface area (Å²) in [6.07, 6.45) is 7.83. The van der Waals surface area contributed by atoms with E-state index in [1.807, 2.05) is 4.68 Å². The van der Waals surface area contributed by atoms with Crippen LogP contribution in [-0.2, 0) is 4.74 Å². The molecule has 0 atom stereocenters. The zero-order valence-corrected chi connectivity index (χ0v) is 15.5. The Bertz CT molecular complexity index is 895. The maximum Gasteiger partial charge on any atom is 0.573 e. The summed E-state index contributed by atoms with van der Waals surface area (Å²) >= 11 is 0. The van der Waals surface area contributed by atoms with Crippen molar-refractivity contribution < 1.29 is 17.9 Å². The number of allylic oxidation sites excluding steroid dienone is 4. The number of nitrogens with zero attached hydrogens (tertiary/aromatic N) is 4. The molecule has 0 radical (unpaired) electrons. The molecule has 150 valence electrons. The number of alkyl halides is 3. The van der Waals surface area contributed by atoms with Crippen LogP contribution in [0.3, 0.4) is 0 Å². The fourth-order valence-electron chi connectivity index (χ4n) is 3.27. The Kier molecular flexibility index (Phi) is 6.01. The van der Waals surface area contributed by atoms with Crippen LogP contribution in [-0.4, -0.2) is 26.1 Å². The number of rotatable bonds is 6. The number of hydrogen-bond acceptors (Lipinski definition) is 5. The van der Waals surface area contributed by atoms with E-state index < -0.39 is 12.1 Å². The van der Waals surface area contributed by atoms with Gasteiger partial charge in [0.25, 0.3) is 0 Å². The Hall–Kier alpha value is -2.84. The molecule has 3 rings (SSSR count).